The van der Waals surface area contributed by atoms with E-state index in [1.807, 2.05) is 0 Å². The number of amides is 2. The van der Waals surface area contributed by atoms with E-state index in [1.54, 1.807) is 0 Å². The SMILES string of the molecule is CNC(=O)C1COCCN1C(=O)c1cc(Cl)ncc1Cl. The molecule has 2 heterocycles. The second-order valence-corrected chi connectivity index (χ2v) is 4.98. The van der Waals surface area contributed by atoms with Crippen LogP contribution in [0.2, 0.25) is 10.2 Å². The molecule has 6 nitrogen and oxygen atoms in total. The lowest BCUT2D eigenvalue weighted by Gasteiger charge is -2.34. The number of carbonyl (C=O) groups excluding carboxylic acids is 2. The lowest BCUT2D eigenvalue weighted by molar-refractivity contribution is -0.130. The highest BCUT2D eigenvalue weighted by molar-refractivity contribution is 6.35. The number of hydrogen-bond donors (Lipinski definition) is 1. The predicted octanol–water partition coefficient (Wildman–Crippen LogP) is 0.975. The van der Waals surface area contributed by atoms with Crippen molar-refractivity contribution in [3.05, 3.63) is 28.0 Å². The zero-order valence-corrected chi connectivity index (χ0v) is 12.2. The number of carbonyl (C=O) groups is 2. The molecule has 1 saturated heterocycles. The van der Waals surface area contributed by atoms with Gasteiger partial charge in [0.2, 0.25) is 5.91 Å². The van der Waals surface area contributed by atoms with Gasteiger partial charge in [0.15, 0.2) is 0 Å². The van der Waals surface area contributed by atoms with E-state index >= 15 is 0 Å². The number of hydrogen-bond acceptors (Lipinski definition) is 4. The van der Waals surface area contributed by atoms with Crippen molar-refractivity contribution in [2.24, 2.45) is 0 Å². The summed E-state index contributed by atoms with van der Waals surface area (Å²) in [5.41, 5.74) is 0.225. The van der Waals surface area contributed by atoms with Crippen molar-refractivity contribution in [3.63, 3.8) is 0 Å². The summed E-state index contributed by atoms with van der Waals surface area (Å²) in [5, 5.41) is 2.88. The highest BCUT2D eigenvalue weighted by Gasteiger charge is 2.33. The number of nitrogens with one attached hydrogen (secondary N) is 1. The van der Waals surface area contributed by atoms with Crippen LogP contribution >= 0.6 is 23.2 Å². The molecule has 2 amide bonds. The predicted molar refractivity (Wildman–Crippen MR) is 74.0 cm³/mol. The quantitative estimate of drug-likeness (QED) is 0.825. The third kappa shape index (κ3) is 3.03. The van der Waals surface area contributed by atoms with Crippen molar-refractivity contribution in [2.75, 3.05) is 26.8 Å². The van der Waals surface area contributed by atoms with Gasteiger partial charge in [0.05, 0.1) is 23.8 Å². The summed E-state index contributed by atoms with van der Waals surface area (Å²) < 4.78 is 5.25. The van der Waals surface area contributed by atoms with Gasteiger partial charge < -0.3 is 15.0 Å². The number of morpholine rings is 1. The Morgan fingerprint density at radius 3 is 2.95 bits per heavy atom. The van der Waals surface area contributed by atoms with E-state index in [2.05, 4.69) is 10.3 Å². The molecule has 1 aliphatic rings. The number of aromatic nitrogens is 1. The topological polar surface area (TPSA) is 71.5 Å². The first kappa shape index (κ1) is 15.0. The molecular weight excluding hydrogens is 305 g/mol. The van der Waals surface area contributed by atoms with E-state index in [0.29, 0.717) is 13.2 Å². The van der Waals surface area contributed by atoms with Gasteiger partial charge in [0.1, 0.15) is 11.2 Å². The molecule has 0 radical (unpaired) electrons. The number of pyridine rings is 1. The highest BCUT2D eigenvalue weighted by atomic mass is 35.5. The normalized spacial score (nSPS) is 18.8. The van der Waals surface area contributed by atoms with Crippen LogP contribution in [0.15, 0.2) is 12.3 Å². The van der Waals surface area contributed by atoms with Gasteiger partial charge >= 0.3 is 0 Å². The minimum atomic E-state index is -0.677. The van der Waals surface area contributed by atoms with Crippen LogP contribution in [0.3, 0.4) is 0 Å². The van der Waals surface area contributed by atoms with E-state index in [4.69, 9.17) is 27.9 Å². The van der Waals surface area contributed by atoms with Crippen molar-refractivity contribution < 1.29 is 14.3 Å². The first-order valence-electron chi connectivity index (χ1n) is 5.96. The molecule has 0 saturated carbocycles. The molecule has 8 heteroatoms. The average Bonchev–Trinajstić information content (AvgIpc) is 2.48. The molecule has 0 bridgehead atoms. The lowest BCUT2D eigenvalue weighted by atomic mass is 10.1. The molecule has 0 aromatic carbocycles. The highest BCUT2D eigenvalue weighted by Crippen LogP contribution is 2.22. The molecule has 1 atom stereocenters. The standard InChI is InChI=1S/C12H13Cl2N3O3/c1-15-11(18)9-6-20-3-2-17(9)12(19)7-4-10(14)16-5-8(7)13/h4-5,9H,2-3,6H2,1H3,(H,15,18). The van der Waals surface area contributed by atoms with Crippen LogP contribution in [-0.2, 0) is 9.53 Å². The largest absolute Gasteiger partial charge is 0.377 e. The van der Waals surface area contributed by atoms with Crippen LogP contribution < -0.4 is 5.32 Å². The fraction of sp³-hybridized carbons (Fsp3) is 0.417. The third-order valence-corrected chi connectivity index (χ3v) is 3.50. The number of rotatable bonds is 2. The zero-order valence-electron chi connectivity index (χ0n) is 10.7. The second kappa shape index (κ2) is 6.39. The maximum absolute atomic E-state index is 12.5. The average molecular weight is 318 g/mol. The number of nitrogens with zero attached hydrogens (tertiary/aromatic N) is 2. The number of halogens is 2. The summed E-state index contributed by atoms with van der Waals surface area (Å²) >= 11 is 11.8. The summed E-state index contributed by atoms with van der Waals surface area (Å²) in [6.45, 7) is 0.838. The lowest BCUT2D eigenvalue weighted by Crippen LogP contribution is -2.55. The van der Waals surface area contributed by atoms with Gasteiger partial charge in [-0.15, -0.1) is 0 Å². The van der Waals surface area contributed by atoms with Gasteiger partial charge in [-0.1, -0.05) is 23.2 Å². The van der Waals surface area contributed by atoms with Crippen LogP contribution in [0.5, 0.6) is 0 Å². The molecular formula is C12H13Cl2N3O3. The van der Waals surface area contributed by atoms with Gasteiger partial charge in [-0.2, -0.15) is 0 Å². The van der Waals surface area contributed by atoms with Crippen molar-refractivity contribution in [3.8, 4) is 0 Å². The molecule has 0 spiro atoms. The summed E-state index contributed by atoms with van der Waals surface area (Å²) in [5.74, 6) is -0.648. The molecule has 1 aromatic heterocycles. The fourth-order valence-electron chi connectivity index (χ4n) is 1.96. The van der Waals surface area contributed by atoms with E-state index in [0.717, 1.165) is 0 Å². The Morgan fingerprint density at radius 1 is 1.50 bits per heavy atom. The maximum Gasteiger partial charge on any atom is 0.256 e. The summed E-state index contributed by atoms with van der Waals surface area (Å²) in [6.07, 6.45) is 1.31. The van der Waals surface area contributed by atoms with Gasteiger partial charge in [0.25, 0.3) is 5.91 Å². The maximum atomic E-state index is 12.5. The van der Waals surface area contributed by atoms with Gasteiger partial charge in [-0.25, -0.2) is 4.98 Å². The van der Waals surface area contributed by atoms with Crippen LogP contribution in [0.25, 0.3) is 0 Å². The zero-order chi connectivity index (χ0) is 14.7. The molecule has 2 rings (SSSR count). The van der Waals surface area contributed by atoms with Crippen LogP contribution in [-0.4, -0.2) is 54.5 Å². The molecule has 1 N–H and O–H groups in total. The molecule has 1 fully saturated rings. The van der Waals surface area contributed by atoms with E-state index < -0.39 is 6.04 Å². The van der Waals surface area contributed by atoms with Gasteiger partial charge in [-0.05, 0) is 6.07 Å². The van der Waals surface area contributed by atoms with Crippen LogP contribution in [0.4, 0.5) is 0 Å². The van der Waals surface area contributed by atoms with Crippen molar-refractivity contribution in [1.82, 2.24) is 15.2 Å². The van der Waals surface area contributed by atoms with Gasteiger partial charge in [0, 0.05) is 19.8 Å². The Kier molecular flexibility index (Phi) is 4.80. The Labute approximate surface area is 126 Å². The van der Waals surface area contributed by atoms with Crippen LogP contribution in [0.1, 0.15) is 10.4 Å². The van der Waals surface area contributed by atoms with E-state index in [-0.39, 0.29) is 34.2 Å². The first-order valence-corrected chi connectivity index (χ1v) is 6.71. The van der Waals surface area contributed by atoms with Gasteiger partial charge in [-0.3, -0.25) is 9.59 Å². The third-order valence-electron chi connectivity index (χ3n) is 2.99. The molecule has 1 aliphatic heterocycles. The van der Waals surface area contributed by atoms with Crippen molar-refractivity contribution >= 4 is 35.0 Å². The minimum Gasteiger partial charge on any atom is -0.377 e. The first-order chi connectivity index (χ1) is 9.54. The van der Waals surface area contributed by atoms with E-state index in [1.165, 1.54) is 24.2 Å². The Hall–Kier alpha value is -1.37. The number of likely N-dealkylation sites (N-methyl/N-ethyl adjacent to an activating group) is 1. The molecule has 20 heavy (non-hydrogen) atoms. The molecule has 108 valence electrons. The summed E-state index contributed by atoms with van der Waals surface area (Å²) in [4.78, 5) is 29.6. The summed E-state index contributed by atoms with van der Waals surface area (Å²) in [7, 11) is 1.51. The Bertz CT molecular complexity index is 539. The van der Waals surface area contributed by atoms with Crippen molar-refractivity contribution in [2.45, 2.75) is 6.04 Å². The fourth-order valence-corrected chi connectivity index (χ4v) is 2.30. The van der Waals surface area contributed by atoms with Crippen LogP contribution in [0, 0.1) is 0 Å². The number of ether oxygens (including phenoxy) is 1. The molecule has 1 unspecified atom stereocenters. The molecule has 0 aliphatic carbocycles. The molecule has 1 aromatic rings. The van der Waals surface area contributed by atoms with Crippen molar-refractivity contribution in [1.29, 1.82) is 0 Å². The second-order valence-electron chi connectivity index (χ2n) is 4.19. The van der Waals surface area contributed by atoms with E-state index in [9.17, 15) is 9.59 Å². The Balaban J connectivity index is 2.30. The monoisotopic (exact) mass is 317 g/mol. The smallest absolute Gasteiger partial charge is 0.256 e. The minimum absolute atomic E-state index is 0.155. The summed E-state index contributed by atoms with van der Waals surface area (Å²) in [6, 6.07) is 0.715. The Morgan fingerprint density at radius 2 is 2.25 bits per heavy atom.